The first kappa shape index (κ1) is 11.3. The number of anilines is 1. The standard InChI is InChI=1S/C11H13N3S2/c1-2-14(10-12-13-11(15)16-10)8-9-6-4-3-5-7-9/h3-7H,2,8H2,1H3,(H,13,15). The lowest BCUT2D eigenvalue weighted by Crippen LogP contribution is -2.21. The largest absolute Gasteiger partial charge is 0.343 e. The molecule has 2 aromatic rings. The second-order valence-electron chi connectivity index (χ2n) is 3.40. The molecule has 0 amide bonds. The van der Waals surface area contributed by atoms with Gasteiger partial charge in [0.15, 0.2) is 3.95 Å². The lowest BCUT2D eigenvalue weighted by molar-refractivity contribution is 0.815. The van der Waals surface area contributed by atoms with Crippen molar-refractivity contribution in [1.82, 2.24) is 10.2 Å². The molecule has 0 aliphatic rings. The van der Waals surface area contributed by atoms with Gasteiger partial charge in [-0.3, -0.25) is 5.10 Å². The molecule has 1 heterocycles. The minimum Gasteiger partial charge on any atom is -0.343 e. The van der Waals surface area contributed by atoms with E-state index in [1.165, 1.54) is 16.9 Å². The first-order chi connectivity index (χ1) is 7.79. The van der Waals surface area contributed by atoms with E-state index in [1.54, 1.807) is 0 Å². The highest BCUT2D eigenvalue weighted by Gasteiger charge is 2.08. The average molecular weight is 251 g/mol. The molecule has 0 bridgehead atoms. The summed E-state index contributed by atoms with van der Waals surface area (Å²) in [6.07, 6.45) is 0. The van der Waals surface area contributed by atoms with E-state index in [2.05, 4.69) is 46.3 Å². The fraction of sp³-hybridized carbons (Fsp3) is 0.273. The normalized spacial score (nSPS) is 10.3. The Kier molecular flexibility index (Phi) is 3.69. The summed E-state index contributed by atoms with van der Waals surface area (Å²) in [5.74, 6) is 0. The molecule has 0 saturated carbocycles. The Morgan fingerprint density at radius 2 is 2.12 bits per heavy atom. The maximum atomic E-state index is 5.04. The number of hydrogen-bond donors (Lipinski definition) is 1. The van der Waals surface area contributed by atoms with Crippen LogP contribution in [-0.2, 0) is 6.54 Å². The van der Waals surface area contributed by atoms with E-state index in [0.29, 0.717) is 0 Å². The van der Waals surface area contributed by atoms with E-state index in [1.807, 2.05) is 6.07 Å². The predicted octanol–water partition coefficient (Wildman–Crippen LogP) is 3.23. The van der Waals surface area contributed by atoms with Gasteiger partial charge < -0.3 is 4.90 Å². The molecule has 0 spiro atoms. The fourth-order valence-corrected chi connectivity index (χ4v) is 2.42. The number of aromatic nitrogens is 2. The van der Waals surface area contributed by atoms with Gasteiger partial charge in [-0.1, -0.05) is 41.7 Å². The molecule has 0 aliphatic carbocycles. The summed E-state index contributed by atoms with van der Waals surface area (Å²) < 4.78 is 0.724. The number of aromatic amines is 1. The van der Waals surface area contributed by atoms with Crippen LogP contribution in [-0.4, -0.2) is 16.7 Å². The van der Waals surface area contributed by atoms with Crippen molar-refractivity contribution in [2.75, 3.05) is 11.4 Å². The Morgan fingerprint density at radius 3 is 2.69 bits per heavy atom. The van der Waals surface area contributed by atoms with Crippen LogP contribution < -0.4 is 4.90 Å². The van der Waals surface area contributed by atoms with E-state index >= 15 is 0 Å². The lowest BCUT2D eigenvalue weighted by atomic mass is 10.2. The summed E-state index contributed by atoms with van der Waals surface area (Å²) in [6, 6.07) is 10.4. The number of hydrogen-bond acceptors (Lipinski definition) is 4. The van der Waals surface area contributed by atoms with Gasteiger partial charge in [0.1, 0.15) is 0 Å². The van der Waals surface area contributed by atoms with Crippen LogP contribution in [0.1, 0.15) is 12.5 Å². The summed E-state index contributed by atoms with van der Waals surface area (Å²) >= 11 is 6.55. The molecule has 3 nitrogen and oxygen atoms in total. The van der Waals surface area contributed by atoms with Crippen molar-refractivity contribution in [2.45, 2.75) is 13.5 Å². The molecule has 16 heavy (non-hydrogen) atoms. The van der Waals surface area contributed by atoms with Crippen LogP contribution in [0.5, 0.6) is 0 Å². The highest BCUT2D eigenvalue weighted by molar-refractivity contribution is 7.73. The second-order valence-corrected chi connectivity index (χ2v) is 5.04. The first-order valence-electron chi connectivity index (χ1n) is 5.14. The third-order valence-electron chi connectivity index (χ3n) is 2.30. The molecular formula is C11H13N3S2. The molecule has 0 unspecified atom stereocenters. The van der Waals surface area contributed by atoms with Crippen molar-refractivity contribution >= 4 is 28.7 Å². The number of rotatable bonds is 4. The van der Waals surface area contributed by atoms with Crippen molar-refractivity contribution in [2.24, 2.45) is 0 Å². The van der Waals surface area contributed by atoms with E-state index in [9.17, 15) is 0 Å². The number of benzene rings is 1. The topological polar surface area (TPSA) is 31.9 Å². The Hall–Kier alpha value is -1.20. The van der Waals surface area contributed by atoms with Crippen LogP contribution in [0, 0.1) is 3.95 Å². The van der Waals surface area contributed by atoms with Gasteiger partial charge in [-0.2, -0.15) is 0 Å². The predicted molar refractivity (Wildman–Crippen MR) is 70.5 cm³/mol. The highest BCUT2D eigenvalue weighted by atomic mass is 32.1. The summed E-state index contributed by atoms with van der Waals surface area (Å²) in [5, 5.41) is 7.96. The minimum atomic E-state index is 0.724. The van der Waals surface area contributed by atoms with Crippen LogP contribution in [0.4, 0.5) is 5.13 Å². The zero-order chi connectivity index (χ0) is 11.4. The molecule has 5 heteroatoms. The van der Waals surface area contributed by atoms with Gasteiger partial charge in [-0.15, -0.1) is 5.10 Å². The third-order valence-corrected chi connectivity index (χ3v) is 3.45. The zero-order valence-electron chi connectivity index (χ0n) is 9.01. The van der Waals surface area contributed by atoms with Gasteiger partial charge in [-0.25, -0.2) is 0 Å². The Morgan fingerprint density at radius 1 is 1.38 bits per heavy atom. The van der Waals surface area contributed by atoms with E-state index in [4.69, 9.17) is 12.2 Å². The van der Waals surface area contributed by atoms with Gasteiger partial charge in [0.25, 0.3) is 0 Å². The Labute approximate surface area is 104 Å². The van der Waals surface area contributed by atoms with Crippen LogP contribution in [0.3, 0.4) is 0 Å². The van der Waals surface area contributed by atoms with Crippen LogP contribution in [0.15, 0.2) is 30.3 Å². The van der Waals surface area contributed by atoms with E-state index in [0.717, 1.165) is 22.2 Å². The fourth-order valence-electron chi connectivity index (χ4n) is 1.48. The molecule has 1 aromatic heterocycles. The summed E-state index contributed by atoms with van der Waals surface area (Å²) in [5.41, 5.74) is 1.28. The summed E-state index contributed by atoms with van der Waals surface area (Å²) in [4.78, 5) is 2.20. The van der Waals surface area contributed by atoms with Crippen molar-refractivity contribution in [3.63, 3.8) is 0 Å². The van der Waals surface area contributed by atoms with Crippen molar-refractivity contribution in [3.8, 4) is 0 Å². The monoisotopic (exact) mass is 251 g/mol. The second kappa shape index (κ2) is 5.23. The number of nitrogens with zero attached hydrogens (tertiary/aromatic N) is 2. The minimum absolute atomic E-state index is 0.724. The molecule has 0 aliphatic heterocycles. The van der Waals surface area contributed by atoms with Crippen molar-refractivity contribution in [3.05, 3.63) is 39.8 Å². The van der Waals surface area contributed by atoms with Gasteiger partial charge >= 0.3 is 0 Å². The van der Waals surface area contributed by atoms with E-state index < -0.39 is 0 Å². The van der Waals surface area contributed by atoms with Gasteiger partial charge in [0.2, 0.25) is 5.13 Å². The Bertz CT molecular complexity index is 489. The van der Waals surface area contributed by atoms with E-state index in [-0.39, 0.29) is 0 Å². The first-order valence-corrected chi connectivity index (χ1v) is 6.36. The summed E-state index contributed by atoms with van der Waals surface area (Å²) in [7, 11) is 0. The maximum Gasteiger partial charge on any atom is 0.207 e. The smallest absolute Gasteiger partial charge is 0.207 e. The zero-order valence-corrected chi connectivity index (χ0v) is 10.6. The number of nitrogens with one attached hydrogen (secondary N) is 1. The molecule has 84 valence electrons. The molecule has 1 aromatic carbocycles. The molecule has 0 fully saturated rings. The molecule has 0 atom stereocenters. The molecule has 1 N–H and O–H groups in total. The Balaban J connectivity index is 2.15. The third kappa shape index (κ3) is 2.68. The molecule has 2 rings (SSSR count). The quantitative estimate of drug-likeness (QED) is 0.847. The number of H-pyrrole nitrogens is 1. The van der Waals surface area contributed by atoms with Crippen LogP contribution in [0.2, 0.25) is 0 Å². The summed E-state index contributed by atoms with van der Waals surface area (Å²) in [6.45, 7) is 3.91. The van der Waals surface area contributed by atoms with Crippen LogP contribution in [0.25, 0.3) is 0 Å². The van der Waals surface area contributed by atoms with Gasteiger partial charge in [-0.05, 0) is 24.7 Å². The average Bonchev–Trinajstić information content (AvgIpc) is 2.74. The van der Waals surface area contributed by atoms with Crippen molar-refractivity contribution < 1.29 is 0 Å². The molecule has 0 radical (unpaired) electrons. The maximum absolute atomic E-state index is 5.04. The van der Waals surface area contributed by atoms with Crippen molar-refractivity contribution in [1.29, 1.82) is 0 Å². The highest BCUT2D eigenvalue weighted by Crippen LogP contribution is 2.19. The van der Waals surface area contributed by atoms with Gasteiger partial charge in [0, 0.05) is 13.1 Å². The molecule has 0 saturated heterocycles. The lowest BCUT2D eigenvalue weighted by Gasteiger charge is -2.18. The van der Waals surface area contributed by atoms with Gasteiger partial charge in [0.05, 0.1) is 0 Å². The molecular weight excluding hydrogens is 238 g/mol. The SMILES string of the molecule is CCN(Cc1ccccc1)c1n[nH]c(=S)s1. The van der Waals surface area contributed by atoms with Crippen LogP contribution >= 0.6 is 23.6 Å².